The van der Waals surface area contributed by atoms with Crippen LogP contribution in [0.2, 0.25) is 0 Å². The van der Waals surface area contributed by atoms with Crippen molar-refractivity contribution < 1.29 is 8.42 Å². The molecule has 0 saturated carbocycles. The lowest BCUT2D eigenvalue weighted by Crippen LogP contribution is -2.30. The predicted octanol–water partition coefficient (Wildman–Crippen LogP) is 2.97. The Morgan fingerprint density at radius 1 is 1.07 bits per heavy atom. The molecule has 29 heavy (non-hydrogen) atoms. The van der Waals surface area contributed by atoms with Crippen LogP contribution in [-0.4, -0.2) is 30.2 Å². The van der Waals surface area contributed by atoms with Gasteiger partial charge in [0.25, 0.3) is 0 Å². The highest BCUT2D eigenvalue weighted by Crippen LogP contribution is 2.30. The highest BCUT2D eigenvalue weighted by atomic mass is 32.2. The van der Waals surface area contributed by atoms with Gasteiger partial charge in [0.2, 0.25) is 10.0 Å². The third-order valence-corrected chi connectivity index (χ3v) is 6.79. The fourth-order valence-corrected chi connectivity index (χ4v) is 4.67. The lowest BCUT2D eigenvalue weighted by molar-refractivity contribution is 0.423. The third kappa shape index (κ3) is 4.23. The number of benzene rings is 2. The molecule has 7 nitrogen and oxygen atoms in total. The molecule has 1 heterocycles. The molecular weight excluding hydrogens is 386 g/mol. The van der Waals surface area contributed by atoms with Gasteiger partial charge in [0.15, 0.2) is 11.8 Å². The van der Waals surface area contributed by atoms with Gasteiger partial charge in [-0.25, -0.2) is 13.4 Å². The average Bonchev–Trinajstić information content (AvgIpc) is 2.69. The van der Waals surface area contributed by atoms with Crippen molar-refractivity contribution in [3.05, 3.63) is 65.4 Å². The second kappa shape index (κ2) is 8.18. The maximum Gasteiger partial charge on any atom is 0.243 e. The number of hydrogen-bond donors (Lipinski definition) is 2. The van der Waals surface area contributed by atoms with E-state index >= 15 is 0 Å². The molecule has 2 aromatic carbocycles. The van der Waals surface area contributed by atoms with Gasteiger partial charge in [-0.3, -0.25) is 0 Å². The van der Waals surface area contributed by atoms with Crippen molar-refractivity contribution in [3.63, 3.8) is 0 Å². The minimum absolute atomic E-state index is 0.134. The van der Waals surface area contributed by atoms with Crippen molar-refractivity contribution in [1.29, 1.82) is 0 Å². The first-order valence-electron chi connectivity index (χ1n) is 9.27. The van der Waals surface area contributed by atoms with Crippen LogP contribution in [-0.2, 0) is 16.6 Å². The smallest absolute Gasteiger partial charge is 0.243 e. The Balaban J connectivity index is 2.10. The predicted molar refractivity (Wildman–Crippen MR) is 116 cm³/mol. The average molecular weight is 412 g/mol. The molecule has 0 aliphatic carbocycles. The molecular formula is C21H25N5O2S. The second-order valence-electron chi connectivity index (χ2n) is 6.87. The second-order valence-corrected chi connectivity index (χ2v) is 8.80. The molecule has 0 radical (unpaired) electrons. The number of fused-ring (bicyclic) bond motifs is 1. The summed E-state index contributed by atoms with van der Waals surface area (Å²) in [6, 6.07) is 12.7. The summed E-state index contributed by atoms with van der Waals surface area (Å²) in [5.41, 5.74) is 13.9. The number of rotatable bonds is 6. The fourth-order valence-electron chi connectivity index (χ4n) is 3.21. The van der Waals surface area contributed by atoms with Crippen LogP contribution in [0.1, 0.15) is 23.6 Å². The summed E-state index contributed by atoms with van der Waals surface area (Å²) in [6.45, 7) is 6.35. The molecule has 0 fully saturated rings. The van der Waals surface area contributed by atoms with E-state index in [-0.39, 0.29) is 10.9 Å². The normalized spacial score (nSPS) is 11.7. The molecule has 0 spiro atoms. The number of guanidine groups is 1. The van der Waals surface area contributed by atoms with Gasteiger partial charge in [0.1, 0.15) is 0 Å². The number of aryl methyl sites for hydroxylation is 2. The molecule has 8 heteroatoms. The van der Waals surface area contributed by atoms with Crippen LogP contribution in [0.15, 0.2) is 58.5 Å². The number of hydrogen-bond acceptors (Lipinski definition) is 4. The van der Waals surface area contributed by atoms with E-state index in [0.29, 0.717) is 24.3 Å². The zero-order valence-electron chi connectivity index (χ0n) is 16.8. The molecule has 3 aromatic rings. The first-order chi connectivity index (χ1) is 13.7. The Hall–Kier alpha value is -2.97. The van der Waals surface area contributed by atoms with Gasteiger partial charge in [0.05, 0.1) is 4.90 Å². The lowest BCUT2D eigenvalue weighted by Gasteiger charge is -2.22. The monoisotopic (exact) mass is 411 g/mol. The minimum Gasteiger partial charge on any atom is -0.370 e. The molecule has 0 unspecified atom stereocenters. The van der Waals surface area contributed by atoms with E-state index in [1.54, 1.807) is 24.4 Å². The molecule has 152 valence electrons. The largest absolute Gasteiger partial charge is 0.370 e. The third-order valence-electron chi connectivity index (χ3n) is 4.87. The molecule has 0 amide bonds. The molecule has 1 aromatic heterocycles. The van der Waals surface area contributed by atoms with Crippen LogP contribution < -0.4 is 11.5 Å². The highest BCUT2D eigenvalue weighted by molar-refractivity contribution is 7.89. The van der Waals surface area contributed by atoms with Crippen LogP contribution in [0.4, 0.5) is 5.82 Å². The highest BCUT2D eigenvalue weighted by Gasteiger charge is 2.24. The first-order valence-corrected chi connectivity index (χ1v) is 10.7. The summed E-state index contributed by atoms with van der Waals surface area (Å²) in [7, 11) is -3.72. The van der Waals surface area contributed by atoms with Crippen molar-refractivity contribution in [2.24, 2.45) is 16.5 Å². The summed E-state index contributed by atoms with van der Waals surface area (Å²) in [6.07, 6.45) is 1.66. The van der Waals surface area contributed by atoms with E-state index in [0.717, 1.165) is 22.1 Å². The number of aliphatic imine (C=N–C) groups is 1. The molecule has 0 aliphatic rings. The van der Waals surface area contributed by atoms with Crippen molar-refractivity contribution in [1.82, 2.24) is 9.29 Å². The van der Waals surface area contributed by atoms with E-state index in [2.05, 4.69) is 9.98 Å². The zero-order valence-corrected chi connectivity index (χ0v) is 17.6. The molecule has 0 aliphatic heterocycles. The van der Waals surface area contributed by atoms with Crippen molar-refractivity contribution >= 4 is 32.6 Å². The summed E-state index contributed by atoms with van der Waals surface area (Å²) in [5.74, 6) is 0.162. The summed E-state index contributed by atoms with van der Waals surface area (Å²) >= 11 is 0. The van der Waals surface area contributed by atoms with Crippen LogP contribution in [0, 0.1) is 13.8 Å². The molecule has 3 rings (SSSR count). The Labute approximate surface area is 171 Å². The minimum atomic E-state index is -3.72. The van der Waals surface area contributed by atoms with E-state index in [4.69, 9.17) is 11.5 Å². The Bertz CT molecular complexity index is 1180. The van der Waals surface area contributed by atoms with Crippen LogP contribution in [0.5, 0.6) is 0 Å². The number of nitrogens with zero attached hydrogens (tertiary/aromatic N) is 3. The molecule has 0 atom stereocenters. The number of sulfonamides is 1. The Kier molecular flexibility index (Phi) is 5.86. The summed E-state index contributed by atoms with van der Waals surface area (Å²) in [5, 5.41) is 1.44. The van der Waals surface area contributed by atoms with Gasteiger partial charge in [-0.1, -0.05) is 37.3 Å². The quantitative estimate of drug-likeness (QED) is 0.478. The van der Waals surface area contributed by atoms with Crippen LogP contribution in [0.3, 0.4) is 0 Å². The Morgan fingerprint density at radius 3 is 2.45 bits per heavy atom. The summed E-state index contributed by atoms with van der Waals surface area (Å²) in [4.78, 5) is 8.49. The molecule has 0 saturated heterocycles. The Morgan fingerprint density at radius 2 is 1.79 bits per heavy atom. The SMILES string of the molecule is CCN(Cc1ccccc1C)S(=O)(=O)c1ccc2c(C)cnc(N=C(N)N)c2c1. The zero-order chi connectivity index (χ0) is 21.2. The van der Waals surface area contributed by atoms with E-state index in [1.165, 1.54) is 4.31 Å². The van der Waals surface area contributed by atoms with Gasteiger partial charge < -0.3 is 11.5 Å². The van der Waals surface area contributed by atoms with E-state index in [1.807, 2.05) is 45.0 Å². The first kappa shape index (κ1) is 20.8. The number of pyridine rings is 1. The number of aromatic nitrogens is 1. The van der Waals surface area contributed by atoms with Crippen LogP contribution >= 0.6 is 0 Å². The van der Waals surface area contributed by atoms with Crippen molar-refractivity contribution in [3.8, 4) is 0 Å². The molecule has 4 N–H and O–H groups in total. The van der Waals surface area contributed by atoms with E-state index < -0.39 is 10.0 Å². The van der Waals surface area contributed by atoms with Crippen LogP contribution in [0.25, 0.3) is 10.8 Å². The van der Waals surface area contributed by atoms with Gasteiger partial charge >= 0.3 is 0 Å². The van der Waals surface area contributed by atoms with Crippen molar-refractivity contribution in [2.45, 2.75) is 32.2 Å². The fraction of sp³-hybridized carbons (Fsp3) is 0.238. The van der Waals surface area contributed by atoms with E-state index in [9.17, 15) is 8.42 Å². The summed E-state index contributed by atoms with van der Waals surface area (Å²) < 4.78 is 28.2. The maximum atomic E-state index is 13.4. The maximum absolute atomic E-state index is 13.4. The number of nitrogens with two attached hydrogens (primary N) is 2. The van der Waals surface area contributed by atoms with Gasteiger partial charge in [-0.15, -0.1) is 0 Å². The van der Waals surface area contributed by atoms with Gasteiger partial charge in [-0.2, -0.15) is 9.30 Å². The standard InChI is InChI=1S/C21H25N5O2S/c1-4-26(13-16-8-6-5-7-14(16)2)29(27,28)17-9-10-18-15(3)12-24-20(19(18)11-17)25-21(22)23/h5-12H,4,13H2,1-3H3,(H4,22,23,24,25). The van der Waals surface area contributed by atoms with Crippen molar-refractivity contribution in [2.75, 3.05) is 6.54 Å². The lowest BCUT2D eigenvalue weighted by atomic mass is 10.1. The molecule has 0 bridgehead atoms. The topological polar surface area (TPSA) is 115 Å². The van der Waals surface area contributed by atoms with Gasteiger partial charge in [0, 0.05) is 24.7 Å². The van der Waals surface area contributed by atoms with Gasteiger partial charge in [-0.05, 0) is 48.1 Å².